The van der Waals surface area contributed by atoms with Crippen molar-refractivity contribution in [1.82, 2.24) is 9.97 Å². The number of rotatable bonds is 3. The molecule has 2 aromatic rings. The van der Waals surface area contributed by atoms with Gasteiger partial charge in [0.05, 0.1) is 17.4 Å². The molecule has 1 amide bonds. The number of aromatic nitrogens is 2. The van der Waals surface area contributed by atoms with E-state index in [1.54, 1.807) is 6.33 Å². The zero-order valence-corrected chi connectivity index (χ0v) is 8.71. The number of fused-ring (bicyclic) bond motifs is 1. The minimum Gasteiger partial charge on any atom is -0.345 e. The van der Waals surface area contributed by atoms with Crippen LogP contribution in [0.3, 0.4) is 0 Å². The molecule has 2 N–H and O–H groups in total. The Hall–Kier alpha value is -1.55. The van der Waals surface area contributed by atoms with Crippen molar-refractivity contribution >= 4 is 34.2 Å². The number of aromatic amines is 1. The number of nitrogens with one attached hydrogen (secondary N) is 2. The lowest BCUT2D eigenvalue weighted by Gasteiger charge is -2.03. The van der Waals surface area contributed by atoms with Gasteiger partial charge in [0.15, 0.2) is 0 Å². The summed E-state index contributed by atoms with van der Waals surface area (Å²) in [7, 11) is 0. The van der Waals surface area contributed by atoms with Crippen LogP contribution in [0.5, 0.6) is 0 Å². The monoisotopic (exact) mass is 223 g/mol. The largest absolute Gasteiger partial charge is 0.345 e. The number of alkyl halides is 1. The highest BCUT2D eigenvalue weighted by Gasteiger charge is 2.02. The molecule has 0 fully saturated rings. The summed E-state index contributed by atoms with van der Waals surface area (Å²) in [5, 5.41) is 2.75. The number of halogens is 1. The Morgan fingerprint density at radius 3 is 3.20 bits per heavy atom. The van der Waals surface area contributed by atoms with E-state index in [1.807, 2.05) is 18.2 Å². The van der Waals surface area contributed by atoms with Crippen molar-refractivity contribution < 1.29 is 4.79 Å². The summed E-state index contributed by atoms with van der Waals surface area (Å²) in [5.74, 6) is 0.252. The standard InChI is InChI=1S/C10H10ClN3O/c11-4-3-10(15)14-7-1-2-8-9(5-7)13-6-12-8/h1-2,5-6H,3-4H2,(H,12,13)(H,14,15). The average Bonchev–Trinajstić information content (AvgIpc) is 2.65. The number of carbonyl (C=O) groups excluding carboxylic acids is 1. The molecular weight excluding hydrogens is 214 g/mol. The lowest BCUT2D eigenvalue weighted by molar-refractivity contribution is -0.115. The molecule has 0 saturated carbocycles. The molecule has 0 aliphatic rings. The van der Waals surface area contributed by atoms with E-state index in [0.29, 0.717) is 12.3 Å². The summed E-state index contributed by atoms with van der Waals surface area (Å²) in [6, 6.07) is 5.51. The van der Waals surface area contributed by atoms with Gasteiger partial charge in [-0.1, -0.05) is 0 Å². The smallest absolute Gasteiger partial charge is 0.225 e. The minimum absolute atomic E-state index is 0.0798. The Balaban J connectivity index is 2.17. The number of imidazole rings is 1. The van der Waals surface area contributed by atoms with E-state index in [0.717, 1.165) is 16.7 Å². The number of carbonyl (C=O) groups is 1. The summed E-state index contributed by atoms with van der Waals surface area (Å²) in [6.07, 6.45) is 1.94. The van der Waals surface area contributed by atoms with Gasteiger partial charge in [0.2, 0.25) is 5.91 Å². The van der Waals surface area contributed by atoms with Crippen molar-refractivity contribution in [3.8, 4) is 0 Å². The second-order valence-corrected chi connectivity index (χ2v) is 3.50. The van der Waals surface area contributed by atoms with Gasteiger partial charge in [0, 0.05) is 18.0 Å². The third-order valence-electron chi connectivity index (χ3n) is 2.03. The van der Waals surface area contributed by atoms with Gasteiger partial charge in [0.1, 0.15) is 0 Å². The van der Waals surface area contributed by atoms with E-state index in [2.05, 4.69) is 15.3 Å². The first-order chi connectivity index (χ1) is 7.29. The molecule has 0 atom stereocenters. The van der Waals surface area contributed by atoms with Gasteiger partial charge in [-0.05, 0) is 18.2 Å². The lowest BCUT2D eigenvalue weighted by Crippen LogP contribution is -2.11. The van der Waals surface area contributed by atoms with Crippen LogP contribution in [0.2, 0.25) is 0 Å². The SMILES string of the molecule is O=C(CCCl)Nc1ccc2nc[nH]c2c1. The molecule has 1 heterocycles. The molecule has 1 aromatic heterocycles. The van der Waals surface area contributed by atoms with Crippen molar-refractivity contribution in [1.29, 1.82) is 0 Å². The lowest BCUT2D eigenvalue weighted by atomic mass is 10.2. The highest BCUT2D eigenvalue weighted by atomic mass is 35.5. The fourth-order valence-corrected chi connectivity index (χ4v) is 1.49. The van der Waals surface area contributed by atoms with E-state index in [1.165, 1.54) is 0 Å². The normalized spacial score (nSPS) is 10.5. The van der Waals surface area contributed by atoms with E-state index in [4.69, 9.17) is 11.6 Å². The van der Waals surface area contributed by atoms with Gasteiger partial charge in [-0.3, -0.25) is 4.79 Å². The molecule has 0 aliphatic carbocycles. The molecule has 1 aromatic carbocycles. The van der Waals surface area contributed by atoms with Crippen LogP contribution in [0.4, 0.5) is 5.69 Å². The summed E-state index contributed by atoms with van der Waals surface area (Å²) in [6.45, 7) is 0. The van der Waals surface area contributed by atoms with Crippen molar-refractivity contribution in [2.24, 2.45) is 0 Å². The maximum Gasteiger partial charge on any atom is 0.225 e. The molecule has 0 spiro atoms. The van der Waals surface area contributed by atoms with E-state index >= 15 is 0 Å². The summed E-state index contributed by atoms with van der Waals surface area (Å²) in [5.41, 5.74) is 2.53. The zero-order chi connectivity index (χ0) is 10.7. The van der Waals surface area contributed by atoms with Gasteiger partial charge < -0.3 is 10.3 Å². The molecule has 0 saturated heterocycles. The van der Waals surface area contributed by atoms with E-state index in [-0.39, 0.29) is 5.91 Å². The zero-order valence-electron chi connectivity index (χ0n) is 7.96. The maximum atomic E-state index is 11.3. The minimum atomic E-state index is -0.0798. The number of amides is 1. The first-order valence-electron chi connectivity index (χ1n) is 4.58. The van der Waals surface area contributed by atoms with Crippen LogP contribution in [-0.2, 0) is 4.79 Å². The van der Waals surface area contributed by atoms with E-state index < -0.39 is 0 Å². The fraction of sp³-hybridized carbons (Fsp3) is 0.200. The van der Waals surface area contributed by atoms with Crippen molar-refractivity contribution in [3.05, 3.63) is 24.5 Å². The maximum absolute atomic E-state index is 11.3. The van der Waals surface area contributed by atoms with Crippen LogP contribution in [0.25, 0.3) is 11.0 Å². The molecule has 0 aliphatic heterocycles. The molecule has 78 valence electrons. The van der Waals surface area contributed by atoms with Crippen LogP contribution in [0, 0.1) is 0 Å². The second-order valence-electron chi connectivity index (χ2n) is 3.12. The van der Waals surface area contributed by atoms with Crippen LogP contribution in [0.15, 0.2) is 24.5 Å². The van der Waals surface area contributed by atoms with Crippen molar-refractivity contribution in [3.63, 3.8) is 0 Å². The molecule has 15 heavy (non-hydrogen) atoms. The van der Waals surface area contributed by atoms with Gasteiger partial charge in [-0.15, -0.1) is 11.6 Å². The molecule has 0 unspecified atom stereocenters. The number of benzene rings is 1. The van der Waals surface area contributed by atoms with Gasteiger partial charge >= 0.3 is 0 Å². The highest BCUT2D eigenvalue weighted by Crippen LogP contribution is 2.15. The van der Waals surface area contributed by atoms with Crippen LogP contribution >= 0.6 is 11.6 Å². The Morgan fingerprint density at radius 1 is 1.53 bits per heavy atom. The Morgan fingerprint density at radius 2 is 2.40 bits per heavy atom. The summed E-state index contributed by atoms with van der Waals surface area (Å²) in [4.78, 5) is 18.3. The van der Waals surface area contributed by atoms with E-state index in [9.17, 15) is 4.79 Å². The topological polar surface area (TPSA) is 57.8 Å². The number of nitrogens with zero attached hydrogens (tertiary/aromatic N) is 1. The first kappa shape index (κ1) is 9.98. The number of anilines is 1. The third-order valence-corrected chi connectivity index (χ3v) is 2.21. The molecule has 2 rings (SSSR count). The number of hydrogen-bond acceptors (Lipinski definition) is 2. The Labute approximate surface area is 91.7 Å². The highest BCUT2D eigenvalue weighted by molar-refractivity contribution is 6.19. The first-order valence-corrected chi connectivity index (χ1v) is 5.12. The average molecular weight is 224 g/mol. The van der Waals surface area contributed by atoms with Crippen molar-refractivity contribution in [2.45, 2.75) is 6.42 Å². The van der Waals surface area contributed by atoms with Crippen LogP contribution in [-0.4, -0.2) is 21.8 Å². The molecular formula is C10H10ClN3O. The Bertz CT molecular complexity index is 480. The number of H-pyrrole nitrogens is 1. The predicted molar refractivity (Wildman–Crippen MR) is 60.1 cm³/mol. The fourth-order valence-electron chi connectivity index (χ4n) is 1.32. The number of hydrogen-bond donors (Lipinski definition) is 2. The summed E-state index contributed by atoms with van der Waals surface area (Å²) >= 11 is 5.46. The predicted octanol–water partition coefficient (Wildman–Crippen LogP) is 2.13. The van der Waals surface area contributed by atoms with Gasteiger partial charge in [-0.25, -0.2) is 4.98 Å². The molecule has 0 radical (unpaired) electrons. The van der Waals surface area contributed by atoms with Crippen LogP contribution in [0.1, 0.15) is 6.42 Å². The third kappa shape index (κ3) is 2.27. The molecule has 5 heteroatoms. The second kappa shape index (κ2) is 4.31. The van der Waals surface area contributed by atoms with Crippen LogP contribution < -0.4 is 5.32 Å². The molecule has 4 nitrogen and oxygen atoms in total. The van der Waals surface area contributed by atoms with Gasteiger partial charge in [-0.2, -0.15) is 0 Å². The molecule has 0 bridgehead atoms. The quantitative estimate of drug-likeness (QED) is 0.784. The summed E-state index contributed by atoms with van der Waals surface area (Å²) < 4.78 is 0. The van der Waals surface area contributed by atoms with Crippen molar-refractivity contribution in [2.75, 3.05) is 11.2 Å². The Kier molecular flexibility index (Phi) is 2.87. The van der Waals surface area contributed by atoms with Gasteiger partial charge in [0.25, 0.3) is 0 Å².